The van der Waals surface area contributed by atoms with Crippen molar-refractivity contribution >= 4 is 44.1 Å². The van der Waals surface area contributed by atoms with E-state index >= 15 is 0 Å². The summed E-state index contributed by atoms with van der Waals surface area (Å²) in [6.07, 6.45) is 1.49. The molecule has 40 heavy (non-hydrogen) atoms. The predicted octanol–water partition coefficient (Wildman–Crippen LogP) is 5.39. The first kappa shape index (κ1) is 26.5. The Labute approximate surface area is 235 Å². The summed E-state index contributed by atoms with van der Waals surface area (Å²) >= 11 is 1.24. The van der Waals surface area contributed by atoms with Gasteiger partial charge >= 0.3 is 16.2 Å². The van der Waals surface area contributed by atoms with Crippen LogP contribution < -0.4 is 4.90 Å². The molecule has 0 amide bonds. The van der Waals surface area contributed by atoms with Crippen molar-refractivity contribution in [3.05, 3.63) is 64.6 Å². The van der Waals surface area contributed by atoms with Crippen molar-refractivity contribution in [3.8, 4) is 28.5 Å². The summed E-state index contributed by atoms with van der Waals surface area (Å²) in [5.74, 6) is -1.40. The van der Waals surface area contributed by atoms with E-state index in [9.17, 15) is 28.0 Å². The summed E-state index contributed by atoms with van der Waals surface area (Å²) in [6.45, 7) is 3.58. The van der Waals surface area contributed by atoms with Crippen molar-refractivity contribution in [2.24, 2.45) is 11.8 Å². The maximum atomic E-state index is 14.7. The summed E-state index contributed by atoms with van der Waals surface area (Å²) in [4.78, 5) is 13.7. The molecule has 1 N–H and O–H groups in total. The molecular formula is C29H27FN4O4S2. The number of benzene rings is 2. The van der Waals surface area contributed by atoms with Crippen LogP contribution in [0.25, 0.3) is 33.3 Å². The first-order valence-corrected chi connectivity index (χ1v) is 15.4. The second-order valence-electron chi connectivity index (χ2n) is 10.5. The van der Waals surface area contributed by atoms with Crippen LogP contribution in [0.3, 0.4) is 0 Å². The molecule has 2 saturated heterocycles. The second-order valence-corrected chi connectivity index (χ2v) is 13.2. The Balaban J connectivity index is 1.62. The van der Waals surface area contributed by atoms with Gasteiger partial charge in [-0.1, -0.05) is 19.1 Å². The third kappa shape index (κ3) is 4.36. The van der Waals surface area contributed by atoms with Crippen LogP contribution in [0, 0.1) is 29.0 Å². The van der Waals surface area contributed by atoms with E-state index in [0.29, 0.717) is 70.3 Å². The van der Waals surface area contributed by atoms with Gasteiger partial charge in [0.15, 0.2) is 0 Å². The number of hydrogen-bond donors (Lipinski definition) is 1. The molecule has 0 unspecified atom stereocenters. The number of halogens is 1. The van der Waals surface area contributed by atoms with Crippen LogP contribution in [0.2, 0.25) is 0 Å². The number of carboxylic acid groups (broad SMARTS) is 1. The lowest BCUT2D eigenvalue weighted by atomic mass is 9.96. The average molecular weight is 579 g/mol. The lowest BCUT2D eigenvalue weighted by Crippen LogP contribution is -2.50. The zero-order valence-electron chi connectivity index (χ0n) is 21.7. The SMILES string of the molecule is CC1CCN(S(=O)(=O)n2c(-c3cccc(N4CC(C(=O)O)C4)c3)c(-c3ccsc3C#N)c3cc(F)ccc32)CC1. The molecule has 0 bridgehead atoms. The molecule has 0 spiro atoms. The van der Waals surface area contributed by atoms with E-state index in [1.54, 1.807) is 23.6 Å². The molecule has 0 saturated carbocycles. The molecule has 8 nitrogen and oxygen atoms in total. The monoisotopic (exact) mass is 578 g/mol. The van der Waals surface area contributed by atoms with Crippen LogP contribution in [-0.4, -0.2) is 54.0 Å². The molecule has 206 valence electrons. The minimum atomic E-state index is -4.08. The Morgan fingerprint density at radius 1 is 1.12 bits per heavy atom. The molecule has 4 heterocycles. The Hall–Kier alpha value is -3.72. The average Bonchev–Trinajstić information content (AvgIpc) is 3.50. The largest absolute Gasteiger partial charge is 0.481 e. The standard InChI is InChI=1S/C29H27FN4O4S2/c1-18-7-10-33(11-8-18)40(37,38)34-25-6-5-21(30)14-24(25)27(23-9-12-39-26(23)15-31)28(34)19-3-2-4-22(13-19)32-16-20(17-32)29(35)36/h2-6,9,12-14,18,20H,7-8,10-11,16-17H2,1H3,(H,35,36). The quantitative estimate of drug-likeness (QED) is 0.329. The number of nitriles is 1. The van der Waals surface area contributed by atoms with Crippen LogP contribution in [-0.2, 0) is 15.0 Å². The highest BCUT2D eigenvalue weighted by Gasteiger charge is 2.36. The molecule has 0 atom stereocenters. The highest BCUT2D eigenvalue weighted by molar-refractivity contribution is 7.87. The van der Waals surface area contributed by atoms with Gasteiger partial charge in [-0.25, -0.2) is 8.36 Å². The van der Waals surface area contributed by atoms with Gasteiger partial charge < -0.3 is 10.0 Å². The van der Waals surface area contributed by atoms with Crippen molar-refractivity contribution in [2.45, 2.75) is 19.8 Å². The Bertz CT molecular complexity index is 1780. The smallest absolute Gasteiger partial charge is 0.310 e. The van der Waals surface area contributed by atoms with Crippen molar-refractivity contribution in [3.63, 3.8) is 0 Å². The zero-order chi connectivity index (χ0) is 28.2. The van der Waals surface area contributed by atoms with Gasteiger partial charge in [0.25, 0.3) is 0 Å². The normalized spacial score (nSPS) is 17.2. The van der Waals surface area contributed by atoms with Gasteiger partial charge in [0.1, 0.15) is 16.8 Å². The van der Waals surface area contributed by atoms with Gasteiger partial charge in [-0.15, -0.1) is 11.3 Å². The fourth-order valence-corrected chi connectivity index (χ4v) is 8.06. The third-order valence-corrected chi connectivity index (χ3v) is 10.6. The van der Waals surface area contributed by atoms with Crippen LogP contribution in [0.15, 0.2) is 53.9 Å². The summed E-state index contributed by atoms with van der Waals surface area (Å²) < 4.78 is 46.3. The van der Waals surface area contributed by atoms with E-state index in [1.807, 2.05) is 17.0 Å². The zero-order valence-corrected chi connectivity index (χ0v) is 23.4. The topological polar surface area (TPSA) is 107 Å². The summed E-state index contributed by atoms with van der Waals surface area (Å²) in [6, 6.07) is 15.3. The number of aromatic nitrogens is 1. The molecule has 0 aliphatic carbocycles. The summed E-state index contributed by atoms with van der Waals surface area (Å²) in [7, 11) is -4.08. The van der Waals surface area contributed by atoms with E-state index in [-0.39, 0.29) is 0 Å². The first-order chi connectivity index (χ1) is 19.2. The molecule has 0 radical (unpaired) electrons. The van der Waals surface area contributed by atoms with Crippen LogP contribution in [0.1, 0.15) is 24.6 Å². The molecule has 2 aromatic carbocycles. The molecule has 2 aliphatic heterocycles. The van der Waals surface area contributed by atoms with E-state index < -0.39 is 27.9 Å². The molecule has 4 aromatic rings. The van der Waals surface area contributed by atoms with Crippen molar-refractivity contribution in [1.29, 1.82) is 5.26 Å². The van der Waals surface area contributed by atoms with Gasteiger partial charge in [0.05, 0.1) is 17.1 Å². The molecule has 2 aliphatic rings. The van der Waals surface area contributed by atoms with Crippen LogP contribution in [0.4, 0.5) is 10.1 Å². The van der Waals surface area contributed by atoms with Crippen LogP contribution >= 0.6 is 11.3 Å². The minimum Gasteiger partial charge on any atom is -0.481 e. The maximum absolute atomic E-state index is 14.7. The number of carbonyl (C=O) groups is 1. The van der Waals surface area contributed by atoms with Gasteiger partial charge in [-0.2, -0.15) is 18.0 Å². The third-order valence-electron chi connectivity index (χ3n) is 7.94. The number of carboxylic acids is 1. The van der Waals surface area contributed by atoms with E-state index in [1.165, 1.54) is 37.8 Å². The second kappa shape index (κ2) is 10.0. The highest BCUT2D eigenvalue weighted by atomic mass is 32.2. The lowest BCUT2D eigenvalue weighted by molar-refractivity contribution is -0.142. The fraction of sp³-hybridized carbons (Fsp3) is 0.310. The van der Waals surface area contributed by atoms with Gasteiger partial charge in [0.2, 0.25) is 0 Å². The highest BCUT2D eigenvalue weighted by Crippen LogP contribution is 2.45. The lowest BCUT2D eigenvalue weighted by Gasteiger charge is -2.38. The van der Waals surface area contributed by atoms with Gasteiger partial charge in [-0.3, -0.25) is 4.79 Å². The van der Waals surface area contributed by atoms with Gasteiger partial charge in [-0.05, 0) is 60.5 Å². The Morgan fingerprint density at radius 3 is 2.58 bits per heavy atom. The molecule has 2 aromatic heterocycles. The number of piperidine rings is 1. The number of anilines is 1. The van der Waals surface area contributed by atoms with E-state index in [2.05, 4.69) is 13.0 Å². The maximum Gasteiger partial charge on any atom is 0.310 e. The minimum absolute atomic E-state index is 0.334. The summed E-state index contributed by atoms with van der Waals surface area (Å²) in [5.41, 5.74) is 3.04. The van der Waals surface area contributed by atoms with Crippen molar-refractivity contribution in [1.82, 2.24) is 8.28 Å². The number of thiophene rings is 1. The Kier molecular flexibility index (Phi) is 6.65. The number of fused-ring (bicyclic) bond motifs is 1. The fourth-order valence-electron chi connectivity index (χ4n) is 5.63. The van der Waals surface area contributed by atoms with E-state index in [4.69, 9.17) is 0 Å². The molecule has 2 fully saturated rings. The van der Waals surface area contributed by atoms with E-state index in [0.717, 1.165) is 18.5 Å². The Morgan fingerprint density at radius 2 is 1.88 bits per heavy atom. The molecule has 6 rings (SSSR count). The molecule has 11 heteroatoms. The number of hydrogen-bond acceptors (Lipinski definition) is 6. The first-order valence-electron chi connectivity index (χ1n) is 13.1. The summed E-state index contributed by atoms with van der Waals surface area (Å²) in [5, 5.41) is 21.4. The number of nitrogens with zero attached hydrogens (tertiary/aromatic N) is 4. The number of aliphatic carboxylic acids is 1. The number of rotatable bonds is 6. The van der Waals surface area contributed by atoms with Gasteiger partial charge in [0, 0.05) is 53.9 Å². The van der Waals surface area contributed by atoms with Crippen LogP contribution in [0.5, 0.6) is 0 Å². The molecular weight excluding hydrogens is 551 g/mol. The van der Waals surface area contributed by atoms with Crippen molar-refractivity contribution in [2.75, 3.05) is 31.1 Å². The predicted molar refractivity (Wildman–Crippen MR) is 153 cm³/mol. The van der Waals surface area contributed by atoms with Crippen molar-refractivity contribution < 1.29 is 22.7 Å².